The SMILES string of the molecule is CC[C@@]1(O)C(=O)OCc2c1cc1n(c2=O)C(CC[Si](C)(C)CCCBr)c2cc3ccccc3nc2-1. The molecule has 0 fully saturated rings. The molecule has 0 saturated heterocycles. The Morgan fingerprint density at radius 3 is 2.74 bits per heavy atom. The lowest BCUT2D eigenvalue weighted by Crippen LogP contribution is -2.44. The van der Waals surface area contributed by atoms with Crippen LogP contribution in [0.2, 0.25) is 25.2 Å². The lowest BCUT2D eigenvalue weighted by molar-refractivity contribution is -0.172. The number of aliphatic hydroxyl groups is 1. The highest BCUT2D eigenvalue weighted by molar-refractivity contribution is 9.09. The standard InChI is InChI=1S/C27H31BrN2O4Si/c1-4-27(33)20-15-23-24-18(14-17-8-5-6-9-21(17)29-24)22(10-13-35(2,3)12-7-11-28)30(23)25(31)19(20)16-34-26(27)32/h5-6,8-9,14-15,22,33H,4,7,10-13,16H2,1-3H3/t22?,27-/m0/s1. The smallest absolute Gasteiger partial charge is 0.343 e. The summed E-state index contributed by atoms with van der Waals surface area (Å²) in [5.41, 5.74) is 2.08. The van der Waals surface area contributed by atoms with Crippen LogP contribution in [0.1, 0.15) is 48.9 Å². The molecular formula is C27H31BrN2O4Si. The fourth-order valence-electron chi connectivity index (χ4n) is 5.58. The third-order valence-electron chi connectivity index (χ3n) is 7.73. The topological polar surface area (TPSA) is 81.4 Å². The van der Waals surface area contributed by atoms with E-state index in [0.29, 0.717) is 16.8 Å². The Bertz CT molecular complexity index is 1390. The van der Waals surface area contributed by atoms with E-state index in [-0.39, 0.29) is 24.6 Å². The Kier molecular flexibility index (Phi) is 6.26. The minimum absolute atomic E-state index is 0.112. The Morgan fingerprint density at radius 1 is 1.23 bits per heavy atom. The molecule has 2 aliphatic rings. The molecule has 0 aliphatic carbocycles. The molecule has 0 amide bonds. The average Bonchev–Trinajstić information content (AvgIpc) is 3.15. The van der Waals surface area contributed by atoms with Gasteiger partial charge in [0, 0.05) is 29.9 Å². The van der Waals surface area contributed by atoms with Gasteiger partial charge in [-0.05, 0) is 37.5 Å². The number of ether oxygens (including phenoxy) is 1. The van der Waals surface area contributed by atoms with E-state index < -0.39 is 19.6 Å². The fourth-order valence-corrected chi connectivity index (χ4v) is 8.82. The first-order valence-electron chi connectivity index (χ1n) is 12.3. The van der Waals surface area contributed by atoms with Crippen molar-refractivity contribution in [1.82, 2.24) is 9.55 Å². The summed E-state index contributed by atoms with van der Waals surface area (Å²) in [6.45, 7) is 6.45. The zero-order chi connectivity index (χ0) is 25.0. The molecule has 1 unspecified atom stereocenters. The van der Waals surface area contributed by atoms with Gasteiger partial charge in [0.2, 0.25) is 0 Å². The zero-order valence-corrected chi connectivity index (χ0v) is 23.0. The van der Waals surface area contributed by atoms with E-state index in [1.165, 1.54) is 6.04 Å². The molecule has 184 valence electrons. The van der Waals surface area contributed by atoms with Crippen molar-refractivity contribution in [3.05, 3.63) is 63.4 Å². The van der Waals surface area contributed by atoms with Crippen LogP contribution < -0.4 is 5.56 Å². The van der Waals surface area contributed by atoms with Crippen LogP contribution in [0.15, 0.2) is 41.2 Å². The minimum atomic E-state index is -1.82. The summed E-state index contributed by atoms with van der Waals surface area (Å²) in [7, 11) is -1.45. The van der Waals surface area contributed by atoms with E-state index in [0.717, 1.165) is 46.4 Å². The number of hydrogen-bond acceptors (Lipinski definition) is 5. The number of para-hydroxylation sites is 1. The van der Waals surface area contributed by atoms with Crippen molar-refractivity contribution in [2.45, 2.75) is 69.6 Å². The third-order valence-corrected chi connectivity index (χ3v) is 11.6. The summed E-state index contributed by atoms with van der Waals surface area (Å²) < 4.78 is 7.12. The Morgan fingerprint density at radius 2 is 2.00 bits per heavy atom. The van der Waals surface area contributed by atoms with Gasteiger partial charge < -0.3 is 9.84 Å². The fraction of sp³-hybridized carbons (Fsp3) is 0.444. The normalized spacial score (nSPS) is 20.9. The van der Waals surface area contributed by atoms with Gasteiger partial charge in [-0.15, -0.1) is 0 Å². The Hall–Kier alpha value is -2.29. The number of aromatic nitrogens is 2. The second-order valence-corrected chi connectivity index (χ2v) is 16.6. The summed E-state index contributed by atoms with van der Waals surface area (Å²) in [4.78, 5) is 31.4. The Balaban J connectivity index is 1.69. The number of benzene rings is 1. The molecule has 2 aromatic heterocycles. The van der Waals surface area contributed by atoms with Gasteiger partial charge in [0.25, 0.3) is 5.56 Å². The second kappa shape index (κ2) is 8.98. The van der Waals surface area contributed by atoms with Gasteiger partial charge in [0.05, 0.1) is 28.5 Å². The number of halogens is 1. The molecule has 4 heterocycles. The Labute approximate surface area is 214 Å². The highest BCUT2D eigenvalue weighted by Gasteiger charge is 2.46. The molecule has 0 bridgehead atoms. The lowest BCUT2D eigenvalue weighted by Gasteiger charge is -2.32. The maximum absolute atomic E-state index is 13.9. The number of rotatable bonds is 7. The predicted molar refractivity (Wildman–Crippen MR) is 144 cm³/mol. The van der Waals surface area contributed by atoms with E-state index in [9.17, 15) is 14.7 Å². The van der Waals surface area contributed by atoms with Crippen LogP contribution in [0.4, 0.5) is 0 Å². The molecule has 6 nitrogen and oxygen atoms in total. The van der Waals surface area contributed by atoms with E-state index in [1.807, 2.05) is 34.9 Å². The second-order valence-electron chi connectivity index (χ2n) is 10.5. The molecule has 35 heavy (non-hydrogen) atoms. The number of cyclic esters (lactones) is 1. The van der Waals surface area contributed by atoms with Crippen LogP contribution in [0, 0.1) is 0 Å². The number of pyridine rings is 2. The molecule has 5 rings (SSSR count). The first-order chi connectivity index (χ1) is 16.7. The van der Waals surface area contributed by atoms with Gasteiger partial charge in [-0.3, -0.25) is 9.36 Å². The zero-order valence-electron chi connectivity index (χ0n) is 20.4. The summed E-state index contributed by atoms with van der Waals surface area (Å²) in [6.07, 6.45) is 2.16. The molecule has 2 atom stereocenters. The average molecular weight is 556 g/mol. The van der Waals surface area contributed by atoms with E-state index in [1.54, 1.807) is 6.92 Å². The number of esters is 1. The molecular weight excluding hydrogens is 524 g/mol. The number of fused-ring (bicyclic) bond motifs is 5. The summed E-state index contributed by atoms with van der Waals surface area (Å²) in [6, 6.07) is 14.2. The minimum Gasteiger partial charge on any atom is -0.458 e. The molecule has 0 spiro atoms. The molecule has 3 aromatic rings. The first kappa shape index (κ1) is 24.4. The van der Waals surface area contributed by atoms with E-state index in [2.05, 4.69) is 35.1 Å². The maximum Gasteiger partial charge on any atom is 0.343 e. The van der Waals surface area contributed by atoms with Crippen molar-refractivity contribution in [1.29, 1.82) is 0 Å². The van der Waals surface area contributed by atoms with Crippen molar-refractivity contribution in [2.75, 3.05) is 5.33 Å². The van der Waals surface area contributed by atoms with Gasteiger partial charge in [0.1, 0.15) is 6.61 Å². The quantitative estimate of drug-likeness (QED) is 0.237. The van der Waals surface area contributed by atoms with Crippen molar-refractivity contribution < 1.29 is 14.6 Å². The monoisotopic (exact) mass is 554 g/mol. The molecule has 8 heteroatoms. The van der Waals surface area contributed by atoms with Gasteiger partial charge in [-0.2, -0.15) is 0 Å². The highest BCUT2D eigenvalue weighted by atomic mass is 79.9. The number of hydrogen-bond donors (Lipinski definition) is 1. The van der Waals surface area contributed by atoms with Crippen molar-refractivity contribution >= 4 is 40.9 Å². The van der Waals surface area contributed by atoms with Crippen molar-refractivity contribution in [3.63, 3.8) is 0 Å². The summed E-state index contributed by atoms with van der Waals surface area (Å²) >= 11 is 3.56. The van der Waals surface area contributed by atoms with Gasteiger partial charge in [-0.25, -0.2) is 9.78 Å². The van der Waals surface area contributed by atoms with Gasteiger partial charge in [0.15, 0.2) is 5.60 Å². The largest absolute Gasteiger partial charge is 0.458 e. The van der Waals surface area contributed by atoms with Crippen molar-refractivity contribution in [2.24, 2.45) is 0 Å². The molecule has 0 radical (unpaired) electrons. The van der Waals surface area contributed by atoms with Crippen LogP contribution in [0.25, 0.3) is 22.3 Å². The number of alkyl halides is 1. The van der Waals surface area contributed by atoms with Gasteiger partial charge >= 0.3 is 5.97 Å². The third kappa shape index (κ3) is 3.99. The van der Waals surface area contributed by atoms with Crippen molar-refractivity contribution in [3.8, 4) is 11.4 Å². The number of carbonyl (C=O) groups excluding carboxylic acids is 1. The lowest BCUT2D eigenvalue weighted by atomic mass is 9.86. The van der Waals surface area contributed by atoms with Gasteiger partial charge in [-0.1, -0.05) is 66.2 Å². The van der Waals surface area contributed by atoms with Crippen LogP contribution in [0.5, 0.6) is 0 Å². The maximum atomic E-state index is 13.9. The highest BCUT2D eigenvalue weighted by Crippen LogP contribution is 2.44. The molecule has 1 aromatic carbocycles. The van der Waals surface area contributed by atoms with E-state index in [4.69, 9.17) is 9.72 Å². The van der Waals surface area contributed by atoms with Crippen LogP contribution in [-0.2, 0) is 21.7 Å². The molecule has 2 aliphatic heterocycles. The van der Waals surface area contributed by atoms with E-state index >= 15 is 0 Å². The molecule has 1 N–H and O–H groups in total. The summed E-state index contributed by atoms with van der Waals surface area (Å²) in [5.74, 6) is -0.697. The first-order valence-corrected chi connectivity index (χ1v) is 16.9. The van der Waals surface area contributed by atoms with Crippen LogP contribution in [-0.4, -0.2) is 34.0 Å². The number of carbonyl (C=O) groups is 1. The van der Waals surface area contributed by atoms with Crippen LogP contribution >= 0.6 is 15.9 Å². The number of nitrogens with zero attached hydrogens (tertiary/aromatic N) is 2. The van der Waals surface area contributed by atoms with Crippen LogP contribution in [0.3, 0.4) is 0 Å². The predicted octanol–water partition coefficient (Wildman–Crippen LogP) is 5.50. The summed E-state index contributed by atoms with van der Waals surface area (Å²) in [5, 5.41) is 13.2. The molecule has 0 saturated carbocycles.